The second-order valence-corrected chi connectivity index (χ2v) is 13.0. The van der Waals surface area contributed by atoms with Gasteiger partial charge in [0, 0.05) is 17.7 Å². The van der Waals surface area contributed by atoms with Gasteiger partial charge in [0.1, 0.15) is 89.6 Å². The van der Waals surface area contributed by atoms with Crippen LogP contribution in [0.2, 0.25) is 0 Å². The van der Waals surface area contributed by atoms with Crippen molar-refractivity contribution in [3.63, 3.8) is 0 Å². The fourth-order valence-corrected chi connectivity index (χ4v) is 6.33. The maximum atomic E-state index is 14.2. The summed E-state index contributed by atoms with van der Waals surface area (Å²) in [6.45, 7) is -2.56. The van der Waals surface area contributed by atoms with E-state index in [9.17, 15) is 76.3 Å². The number of aliphatic hydroxyl groups is 11. The molecule has 3 aliphatic heterocycles. The summed E-state index contributed by atoms with van der Waals surface area (Å²) < 4.78 is 39.5. The molecule has 3 aromatic rings. The summed E-state index contributed by atoms with van der Waals surface area (Å²) in [5, 5.41) is 143. The Bertz CT molecular complexity index is 1870. The minimum atomic E-state index is -2.05. The lowest BCUT2D eigenvalue weighted by atomic mass is 9.97. The summed E-state index contributed by atoms with van der Waals surface area (Å²) >= 11 is 0. The first-order valence-electron chi connectivity index (χ1n) is 16.7. The summed E-state index contributed by atoms with van der Waals surface area (Å²) in [5.41, 5.74) is -1.77. The molecule has 14 N–H and O–H groups in total. The quantitative estimate of drug-likeness (QED) is 0.0853. The van der Waals surface area contributed by atoms with Crippen molar-refractivity contribution in [1.82, 2.24) is 0 Å². The Morgan fingerprint density at radius 2 is 1.11 bits per heavy atom. The third kappa shape index (κ3) is 7.63. The van der Waals surface area contributed by atoms with Crippen LogP contribution in [0.15, 0.2) is 39.5 Å². The van der Waals surface area contributed by atoms with Crippen LogP contribution in [-0.2, 0) is 18.9 Å². The standard InChI is InChI=1S/C33H40O22/c34-6-15-19(40)23(44)26(47)31(51-15)49-10-4-13(39)18-14(5-10)50-28(9-1-2-11(37)12(38)3-9)29(22(18)43)54-33-30(25(46)21(42)17(8-36)53-33)55-32-27(48)24(45)20(41)16(7-35)52-32/h1-5,15-17,19-21,23-27,30-42,44-48H,6-8H2/t15-,16-,17-,19+,20+,21+,23-,24-,25-,26-,27-,30-,31+,32-,33-/m1/s1. The van der Waals surface area contributed by atoms with Gasteiger partial charge in [-0.25, -0.2) is 0 Å². The minimum absolute atomic E-state index is 0.162. The van der Waals surface area contributed by atoms with E-state index in [2.05, 4.69) is 0 Å². The summed E-state index contributed by atoms with van der Waals surface area (Å²) in [5.74, 6) is -3.84. The highest BCUT2D eigenvalue weighted by atomic mass is 16.8. The molecule has 0 unspecified atom stereocenters. The molecule has 0 amide bonds. The van der Waals surface area contributed by atoms with Crippen LogP contribution in [-0.4, -0.2) is 183 Å². The predicted octanol–water partition coefficient (Wildman–Crippen LogP) is -5.24. The average Bonchev–Trinajstić information content (AvgIpc) is 3.16. The normalized spacial score (nSPS) is 36.8. The van der Waals surface area contributed by atoms with E-state index in [1.54, 1.807) is 0 Å². The number of ether oxygens (including phenoxy) is 6. The second kappa shape index (κ2) is 16.3. The molecule has 2 aromatic carbocycles. The highest BCUT2D eigenvalue weighted by Gasteiger charge is 2.52. The van der Waals surface area contributed by atoms with Crippen LogP contribution in [0.4, 0.5) is 0 Å². The van der Waals surface area contributed by atoms with Gasteiger partial charge >= 0.3 is 0 Å². The Morgan fingerprint density at radius 1 is 0.564 bits per heavy atom. The fourth-order valence-electron chi connectivity index (χ4n) is 6.33. The van der Waals surface area contributed by atoms with Crippen molar-refractivity contribution < 1.29 is 104 Å². The molecule has 3 aliphatic rings. The van der Waals surface area contributed by atoms with Crippen LogP contribution in [0.1, 0.15) is 0 Å². The first kappa shape index (κ1) is 40.7. The average molecular weight is 789 g/mol. The molecular formula is C33H40O22. The topological polar surface area (TPSA) is 369 Å². The van der Waals surface area contributed by atoms with Gasteiger partial charge in [-0.15, -0.1) is 0 Å². The molecule has 0 spiro atoms. The van der Waals surface area contributed by atoms with E-state index < -0.39 is 157 Å². The molecule has 55 heavy (non-hydrogen) atoms. The van der Waals surface area contributed by atoms with Crippen LogP contribution in [0.3, 0.4) is 0 Å². The van der Waals surface area contributed by atoms with Gasteiger partial charge < -0.3 is 104 Å². The monoisotopic (exact) mass is 788 g/mol. The van der Waals surface area contributed by atoms with Gasteiger partial charge in [-0.1, -0.05) is 0 Å². The van der Waals surface area contributed by atoms with Crippen LogP contribution < -0.4 is 14.9 Å². The maximum Gasteiger partial charge on any atom is 0.239 e. The Labute approximate surface area is 307 Å². The van der Waals surface area contributed by atoms with Gasteiger partial charge in [0.05, 0.1) is 19.8 Å². The molecule has 1 aromatic heterocycles. The highest BCUT2D eigenvalue weighted by Crippen LogP contribution is 2.41. The lowest BCUT2D eigenvalue weighted by Gasteiger charge is -2.45. The van der Waals surface area contributed by atoms with E-state index in [1.807, 2.05) is 0 Å². The van der Waals surface area contributed by atoms with Crippen molar-refractivity contribution in [2.24, 2.45) is 0 Å². The molecule has 3 saturated heterocycles. The van der Waals surface area contributed by atoms with Crippen LogP contribution in [0.25, 0.3) is 22.3 Å². The second-order valence-electron chi connectivity index (χ2n) is 13.0. The highest BCUT2D eigenvalue weighted by molar-refractivity contribution is 5.88. The van der Waals surface area contributed by atoms with E-state index in [1.165, 1.54) is 6.07 Å². The number of aromatic hydroxyl groups is 3. The molecule has 0 saturated carbocycles. The number of rotatable bonds is 10. The van der Waals surface area contributed by atoms with Gasteiger partial charge in [-0.3, -0.25) is 4.79 Å². The largest absolute Gasteiger partial charge is 0.507 e. The first-order chi connectivity index (χ1) is 26.1. The van der Waals surface area contributed by atoms with E-state index in [4.69, 9.17) is 32.8 Å². The first-order valence-corrected chi connectivity index (χ1v) is 16.7. The SMILES string of the molecule is O=c1c(O[C@H]2O[C@H](CO)[C@H](O)[C@@H](O)[C@H]2O[C@H]2O[C@H](CO)[C@H](O)[C@@H](O)[C@H]2O)c(-c2ccc(O)c(O)c2)oc2cc(O[C@H]3O[C@H](CO)[C@H](O)[C@@H](O)[C@H]3O)cc(O)c12. The third-order valence-electron chi connectivity index (χ3n) is 9.44. The number of aliphatic hydroxyl groups excluding tert-OH is 11. The molecule has 0 bridgehead atoms. The van der Waals surface area contributed by atoms with Gasteiger partial charge in [0.2, 0.25) is 23.8 Å². The molecule has 22 heteroatoms. The van der Waals surface area contributed by atoms with Gasteiger partial charge in [-0.2, -0.15) is 0 Å². The van der Waals surface area contributed by atoms with Crippen molar-refractivity contribution in [2.45, 2.75) is 92.1 Å². The molecule has 0 radical (unpaired) electrons. The number of hydrogen-bond acceptors (Lipinski definition) is 22. The smallest absolute Gasteiger partial charge is 0.239 e. The van der Waals surface area contributed by atoms with Gasteiger partial charge in [0.15, 0.2) is 29.7 Å². The number of phenolic OH excluding ortho intramolecular Hbond substituents is 3. The summed E-state index contributed by atoms with van der Waals surface area (Å²) in [7, 11) is 0. The molecule has 304 valence electrons. The Balaban J connectivity index is 1.43. The lowest BCUT2D eigenvalue weighted by molar-refractivity contribution is -0.358. The molecule has 22 nitrogen and oxygen atoms in total. The molecule has 4 heterocycles. The molecule has 6 rings (SSSR count). The summed E-state index contributed by atoms with van der Waals surface area (Å²) in [6, 6.07) is 5.03. The van der Waals surface area contributed by atoms with E-state index >= 15 is 0 Å². The number of hydrogen-bond donors (Lipinski definition) is 14. The van der Waals surface area contributed by atoms with Crippen LogP contribution >= 0.6 is 0 Å². The van der Waals surface area contributed by atoms with E-state index in [0.717, 1.165) is 24.3 Å². The van der Waals surface area contributed by atoms with Crippen LogP contribution in [0, 0.1) is 0 Å². The van der Waals surface area contributed by atoms with Crippen molar-refractivity contribution >= 4 is 11.0 Å². The van der Waals surface area contributed by atoms with Gasteiger partial charge in [0.25, 0.3) is 0 Å². The van der Waals surface area contributed by atoms with E-state index in [0.29, 0.717) is 0 Å². The summed E-state index contributed by atoms with van der Waals surface area (Å²) in [4.78, 5) is 14.2. The Kier molecular flexibility index (Phi) is 12.0. The van der Waals surface area contributed by atoms with Crippen molar-refractivity contribution in [3.8, 4) is 40.1 Å². The zero-order chi connectivity index (χ0) is 40.0. The number of benzene rings is 2. The van der Waals surface area contributed by atoms with Crippen molar-refractivity contribution in [2.75, 3.05) is 19.8 Å². The summed E-state index contributed by atoms with van der Waals surface area (Å²) in [6.07, 6.45) is -27.2. The molecule has 3 fully saturated rings. The Hall–Kier alpha value is -3.95. The molecule has 15 atom stereocenters. The molecule has 0 aliphatic carbocycles. The van der Waals surface area contributed by atoms with Crippen molar-refractivity contribution in [1.29, 1.82) is 0 Å². The Morgan fingerprint density at radius 3 is 1.69 bits per heavy atom. The maximum absolute atomic E-state index is 14.2. The third-order valence-corrected chi connectivity index (χ3v) is 9.44. The van der Waals surface area contributed by atoms with Crippen molar-refractivity contribution in [3.05, 3.63) is 40.6 Å². The van der Waals surface area contributed by atoms with Crippen LogP contribution in [0.5, 0.6) is 28.7 Å². The lowest BCUT2D eigenvalue weighted by Crippen LogP contribution is -2.65. The zero-order valence-corrected chi connectivity index (χ0v) is 28.2. The fraction of sp³-hybridized carbons (Fsp3) is 0.545. The predicted molar refractivity (Wildman–Crippen MR) is 174 cm³/mol. The number of phenols is 3. The zero-order valence-electron chi connectivity index (χ0n) is 28.2. The van der Waals surface area contributed by atoms with E-state index in [-0.39, 0.29) is 11.3 Å². The minimum Gasteiger partial charge on any atom is -0.507 e. The molecular weight excluding hydrogens is 748 g/mol. The van der Waals surface area contributed by atoms with Gasteiger partial charge in [-0.05, 0) is 18.2 Å². The number of fused-ring (bicyclic) bond motifs is 1.